The third-order valence-electron chi connectivity index (χ3n) is 4.33. The van der Waals surface area contributed by atoms with Gasteiger partial charge in [0.2, 0.25) is 0 Å². The molecule has 1 aliphatic rings. The van der Waals surface area contributed by atoms with Crippen molar-refractivity contribution in [2.45, 2.75) is 30.8 Å². The normalized spacial score (nSPS) is 16.5. The third kappa shape index (κ3) is 5.71. The molecule has 7 nitrogen and oxygen atoms in total. The molecule has 8 heteroatoms. The van der Waals surface area contributed by atoms with Crippen molar-refractivity contribution in [1.29, 1.82) is 0 Å². The van der Waals surface area contributed by atoms with Gasteiger partial charge in [0.05, 0.1) is 11.0 Å². The summed E-state index contributed by atoms with van der Waals surface area (Å²) < 4.78 is 38.3. The van der Waals surface area contributed by atoms with Crippen LogP contribution in [0, 0.1) is 6.92 Å². The predicted molar refractivity (Wildman–Crippen MR) is 106 cm³/mol. The van der Waals surface area contributed by atoms with Crippen LogP contribution in [0.15, 0.2) is 53.4 Å². The Morgan fingerprint density at radius 2 is 2.00 bits per heavy atom. The Balaban J connectivity index is 1.51. The summed E-state index contributed by atoms with van der Waals surface area (Å²) in [5.41, 5.74) is 1.46. The van der Waals surface area contributed by atoms with Crippen molar-refractivity contribution in [2.24, 2.45) is 0 Å². The maximum Gasteiger partial charge on any atom is 0.261 e. The van der Waals surface area contributed by atoms with Crippen molar-refractivity contribution in [1.82, 2.24) is 5.32 Å². The highest BCUT2D eigenvalue weighted by molar-refractivity contribution is 7.92. The highest BCUT2D eigenvalue weighted by Crippen LogP contribution is 2.20. The fourth-order valence-electron chi connectivity index (χ4n) is 2.87. The van der Waals surface area contributed by atoms with Gasteiger partial charge >= 0.3 is 0 Å². The molecule has 1 heterocycles. The van der Waals surface area contributed by atoms with Crippen LogP contribution in [-0.2, 0) is 19.6 Å². The average molecular weight is 404 g/mol. The number of anilines is 1. The number of hydrogen-bond donors (Lipinski definition) is 2. The minimum atomic E-state index is -3.69. The minimum Gasteiger partial charge on any atom is -0.484 e. The number of carbonyl (C=O) groups excluding carboxylic acids is 1. The zero-order chi connectivity index (χ0) is 20.0. The summed E-state index contributed by atoms with van der Waals surface area (Å²) in [5.74, 6) is 0.176. The van der Waals surface area contributed by atoms with Crippen LogP contribution in [0.3, 0.4) is 0 Å². The first-order valence-corrected chi connectivity index (χ1v) is 10.6. The first kappa shape index (κ1) is 20.2. The van der Waals surface area contributed by atoms with Gasteiger partial charge in [-0.05, 0) is 61.7 Å². The quantitative estimate of drug-likeness (QED) is 0.705. The van der Waals surface area contributed by atoms with Crippen LogP contribution in [0.1, 0.15) is 18.4 Å². The highest BCUT2D eigenvalue weighted by Gasteiger charge is 2.17. The summed E-state index contributed by atoms with van der Waals surface area (Å²) in [6, 6.07) is 13.1. The Labute approximate surface area is 165 Å². The Kier molecular flexibility index (Phi) is 6.53. The van der Waals surface area contributed by atoms with E-state index in [1.54, 1.807) is 18.2 Å². The Hall–Kier alpha value is -2.58. The molecule has 0 radical (unpaired) electrons. The fourth-order valence-corrected chi connectivity index (χ4v) is 3.92. The fraction of sp³-hybridized carbons (Fsp3) is 0.350. The van der Waals surface area contributed by atoms with Gasteiger partial charge in [0.15, 0.2) is 6.61 Å². The lowest BCUT2D eigenvalue weighted by molar-refractivity contribution is -0.123. The van der Waals surface area contributed by atoms with E-state index in [1.165, 1.54) is 24.3 Å². The molecule has 3 rings (SSSR count). The van der Waals surface area contributed by atoms with Crippen molar-refractivity contribution in [3.05, 3.63) is 54.1 Å². The lowest BCUT2D eigenvalue weighted by Gasteiger charge is -2.12. The van der Waals surface area contributed by atoms with Gasteiger partial charge in [0.25, 0.3) is 15.9 Å². The second-order valence-electron chi connectivity index (χ2n) is 6.67. The first-order valence-electron chi connectivity index (χ1n) is 9.13. The summed E-state index contributed by atoms with van der Waals surface area (Å²) in [4.78, 5) is 11.9. The van der Waals surface area contributed by atoms with E-state index in [0.717, 1.165) is 25.0 Å². The summed E-state index contributed by atoms with van der Waals surface area (Å²) >= 11 is 0. The highest BCUT2D eigenvalue weighted by atomic mass is 32.2. The Morgan fingerprint density at radius 3 is 2.68 bits per heavy atom. The maximum atomic E-state index is 12.5. The molecule has 1 amide bonds. The largest absolute Gasteiger partial charge is 0.484 e. The molecule has 0 bridgehead atoms. The maximum absolute atomic E-state index is 12.5. The van der Waals surface area contributed by atoms with E-state index < -0.39 is 10.0 Å². The lowest BCUT2D eigenvalue weighted by Crippen LogP contribution is -2.35. The van der Waals surface area contributed by atoms with Crippen molar-refractivity contribution in [3.8, 4) is 5.75 Å². The van der Waals surface area contributed by atoms with E-state index in [4.69, 9.17) is 9.47 Å². The number of aryl methyl sites for hydroxylation is 1. The first-order chi connectivity index (χ1) is 13.4. The number of amides is 1. The molecule has 2 N–H and O–H groups in total. The second kappa shape index (κ2) is 9.07. The topological polar surface area (TPSA) is 93.7 Å². The minimum absolute atomic E-state index is 0.0781. The lowest BCUT2D eigenvalue weighted by atomic mass is 10.2. The monoisotopic (exact) mass is 404 g/mol. The zero-order valence-electron chi connectivity index (χ0n) is 15.7. The molecule has 0 aliphatic carbocycles. The van der Waals surface area contributed by atoms with Crippen LogP contribution >= 0.6 is 0 Å². The van der Waals surface area contributed by atoms with Crippen molar-refractivity contribution in [2.75, 3.05) is 24.5 Å². The van der Waals surface area contributed by atoms with E-state index in [-0.39, 0.29) is 23.5 Å². The molecule has 1 atom stereocenters. The average Bonchev–Trinajstić information content (AvgIpc) is 3.18. The molecule has 0 unspecified atom stereocenters. The van der Waals surface area contributed by atoms with Crippen molar-refractivity contribution < 1.29 is 22.7 Å². The molecule has 1 fully saturated rings. The number of benzene rings is 2. The smallest absolute Gasteiger partial charge is 0.261 e. The summed E-state index contributed by atoms with van der Waals surface area (Å²) in [5, 5.41) is 2.77. The Morgan fingerprint density at radius 1 is 1.21 bits per heavy atom. The second-order valence-corrected chi connectivity index (χ2v) is 8.36. The molecule has 0 saturated carbocycles. The van der Waals surface area contributed by atoms with Gasteiger partial charge in [-0.1, -0.05) is 12.1 Å². The standard InChI is InChI=1S/C20H24N2O5S/c1-15-4-2-5-16(12-15)22-28(24,25)19-9-7-17(8-10-19)27-14-20(23)21-13-18-6-3-11-26-18/h2,4-5,7-10,12,18,22H,3,6,11,13-14H2,1H3,(H,21,23)/t18-/m0/s1. The van der Waals surface area contributed by atoms with Gasteiger partial charge in [0.1, 0.15) is 5.75 Å². The van der Waals surface area contributed by atoms with Gasteiger partial charge < -0.3 is 14.8 Å². The molecule has 0 spiro atoms. The summed E-state index contributed by atoms with van der Waals surface area (Å²) in [7, 11) is -3.69. The van der Waals surface area contributed by atoms with E-state index in [2.05, 4.69) is 10.0 Å². The van der Waals surface area contributed by atoms with Crippen LogP contribution in [0.5, 0.6) is 5.75 Å². The van der Waals surface area contributed by atoms with Gasteiger partial charge in [-0.25, -0.2) is 8.42 Å². The van der Waals surface area contributed by atoms with E-state index >= 15 is 0 Å². The number of ether oxygens (including phenoxy) is 2. The molecule has 2 aromatic rings. The van der Waals surface area contributed by atoms with Crippen LogP contribution in [0.4, 0.5) is 5.69 Å². The van der Waals surface area contributed by atoms with E-state index in [0.29, 0.717) is 18.0 Å². The third-order valence-corrected chi connectivity index (χ3v) is 5.72. The summed E-state index contributed by atoms with van der Waals surface area (Å²) in [6.45, 7) is 2.97. The van der Waals surface area contributed by atoms with Gasteiger partial charge in [0, 0.05) is 18.8 Å². The van der Waals surface area contributed by atoms with Crippen LogP contribution in [-0.4, -0.2) is 40.2 Å². The number of rotatable bonds is 8. The van der Waals surface area contributed by atoms with Crippen LogP contribution in [0.2, 0.25) is 0 Å². The number of sulfonamides is 1. The van der Waals surface area contributed by atoms with Crippen LogP contribution in [0.25, 0.3) is 0 Å². The number of nitrogens with one attached hydrogen (secondary N) is 2. The molecule has 28 heavy (non-hydrogen) atoms. The Bertz CT molecular complexity index is 906. The van der Waals surface area contributed by atoms with Gasteiger partial charge in [-0.2, -0.15) is 0 Å². The van der Waals surface area contributed by atoms with E-state index in [1.807, 2.05) is 13.0 Å². The SMILES string of the molecule is Cc1cccc(NS(=O)(=O)c2ccc(OCC(=O)NC[C@@H]3CCCO3)cc2)c1. The zero-order valence-corrected chi connectivity index (χ0v) is 16.5. The molecule has 2 aromatic carbocycles. The molecule has 1 aliphatic heterocycles. The van der Waals surface area contributed by atoms with E-state index in [9.17, 15) is 13.2 Å². The predicted octanol–water partition coefficient (Wildman–Crippen LogP) is 2.47. The molecular weight excluding hydrogens is 380 g/mol. The number of carbonyl (C=O) groups is 1. The van der Waals surface area contributed by atoms with Crippen LogP contribution < -0.4 is 14.8 Å². The van der Waals surface area contributed by atoms with Crippen molar-refractivity contribution >= 4 is 21.6 Å². The summed E-state index contributed by atoms with van der Waals surface area (Å²) in [6.07, 6.45) is 2.05. The van der Waals surface area contributed by atoms with Gasteiger partial charge in [-0.15, -0.1) is 0 Å². The molecule has 0 aromatic heterocycles. The van der Waals surface area contributed by atoms with Gasteiger partial charge in [-0.3, -0.25) is 9.52 Å². The molecule has 150 valence electrons. The number of hydrogen-bond acceptors (Lipinski definition) is 5. The molecule has 1 saturated heterocycles. The van der Waals surface area contributed by atoms with Crippen molar-refractivity contribution in [3.63, 3.8) is 0 Å². The molecular formula is C20H24N2O5S.